The van der Waals surface area contributed by atoms with Gasteiger partial charge in [-0.3, -0.25) is 4.68 Å². The Morgan fingerprint density at radius 2 is 2.44 bits per heavy atom. The molecule has 5 heteroatoms. The van der Waals surface area contributed by atoms with Gasteiger partial charge in [0.1, 0.15) is 12.2 Å². The number of hydrogen-bond donors (Lipinski definition) is 1. The lowest BCUT2D eigenvalue weighted by Gasteiger charge is -2.12. The van der Waals surface area contributed by atoms with Crippen molar-refractivity contribution < 1.29 is 0 Å². The second-order valence-electron chi connectivity index (χ2n) is 3.92. The first kappa shape index (κ1) is 11.3. The fraction of sp³-hybridized carbons (Fsp3) is 0.455. The highest BCUT2D eigenvalue weighted by atomic mass is 32.1. The average Bonchev–Trinajstić information content (AvgIpc) is 2.87. The van der Waals surface area contributed by atoms with Crippen molar-refractivity contribution in [1.82, 2.24) is 20.1 Å². The summed E-state index contributed by atoms with van der Waals surface area (Å²) in [5.41, 5.74) is 1.39. The molecule has 16 heavy (non-hydrogen) atoms. The van der Waals surface area contributed by atoms with Gasteiger partial charge in [-0.2, -0.15) is 16.4 Å². The normalized spacial score (nSPS) is 12.9. The summed E-state index contributed by atoms with van der Waals surface area (Å²) in [6.45, 7) is 2.95. The van der Waals surface area contributed by atoms with E-state index in [0.29, 0.717) is 6.04 Å². The standard InChI is InChI=1S/C11H16N4S/c1-9(5-10-3-4-16-7-10)12-6-11-13-8-14-15(11)2/h3-4,7-9,12H,5-6H2,1-2H3. The molecule has 0 aliphatic rings. The van der Waals surface area contributed by atoms with Crippen molar-refractivity contribution in [3.63, 3.8) is 0 Å². The van der Waals surface area contributed by atoms with Gasteiger partial charge in [-0.25, -0.2) is 4.98 Å². The molecule has 0 saturated heterocycles. The fourth-order valence-electron chi connectivity index (χ4n) is 1.58. The van der Waals surface area contributed by atoms with Crippen molar-refractivity contribution in [2.75, 3.05) is 0 Å². The van der Waals surface area contributed by atoms with E-state index in [9.17, 15) is 0 Å². The van der Waals surface area contributed by atoms with Crippen LogP contribution in [-0.2, 0) is 20.0 Å². The minimum Gasteiger partial charge on any atom is -0.307 e. The van der Waals surface area contributed by atoms with Crippen LogP contribution in [0.2, 0.25) is 0 Å². The van der Waals surface area contributed by atoms with Crippen molar-refractivity contribution in [2.24, 2.45) is 7.05 Å². The molecule has 0 bridgehead atoms. The third kappa shape index (κ3) is 2.90. The summed E-state index contributed by atoms with van der Waals surface area (Å²) in [4.78, 5) is 4.18. The zero-order valence-corrected chi connectivity index (χ0v) is 10.4. The van der Waals surface area contributed by atoms with E-state index in [-0.39, 0.29) is 0 Å². The van der Waals surface area contributed by atoms with E-state index >= 15 is 0 Å². The average molecular weight is 236 g/mol. The molecular formula is C11H16N4S. The summed E-state index contributed by atoms with van der Waals surface area (Å²) in [6.07, 6.45) is 2.64. The van der Waals surface area contributed by atoms with Crippen LogP contribution in [0.25, 0.3) is 0 Å². The van der Waals surface area contributed by atoms with Gasteiger partial charge in [0.05, 0.1) is 6.54 Å². The number of hydrogen-bond acceptors (Lipinski definition) is 4. The van der Waals surface area contributed by atoms with Crippen molar-refractivity contribution in [3.05, 3.63) is 34.5 Å². The molecule has 4 nitrogen and oxygen atoms in total. The molecule has 2 rings (SSSR count). The first-order valence-corrected chi connectivity index (χ1v) is 6.27. The van der Waals surface area contributed by atoms with Crippen molar-refractivity contribution >= 4 is 11.3 Å². The number of aromatic nitrogens is 3. The molecule has 1 N–H and O–H groups in total. The Hall–Kier alpha value is -1.20. The maximum absolute atomic E-state index is 4.18. The zero-order chi connectivity index (χ0) is 11.4. The van der Waals surface area contributed by atoms with Crippen molar-refractivity contribution in [3.8, 4) is 0 Å². The Bertz CT molecular complexity index is 421. The van der Waals surface area contributed by atoms with Crippen molar-refractivity contribution in [2.45, 2.75) is 25.9 Å². The van der Waals surface area contributed by atoms with Crippen LogP contribution in [0.4, 0.5) is 0 Å². The number of rotatable bonds is 5. The lowest BCUT2D eigenvalue weighted by molar-refractivity contribution is 0.520. The molecule has 1 atom stereocenters. The first-order chi connectivity index (χ1) is 7.75. The second kappa shape index (κ2) is 5.23. The maximum Gasteiger partial charge on any atom is 0.140 e. The van der Waals surface area contributed by atoms with E-state index < -0.39 is 0 Å². The van der Waals surface area contributed by atoms with E-state index in [1.807, 2.05) is 7.05 Å². The molecule has 2 aromatic heterocycles. The predicted molar refractivity (Wildman–Crippen MR) is 65.3 cm³/mol. The lowest BCUT2D eigenvalue weighted by Crippen LogP contribution is -2.28. The Labute approximate surface area is 99.3 Å². The largest absolute Gasteiger partial charge is 0.307 e. The lowest BCUT2D eigenvalue weighted by atomic mass is 10.1. The van der Waals surface area contributed by atoms with Crippen LogP contribution in [-0.4, -0.2) is 20.8 Å². The summed E-state index contributed by atoms with van der Waals surface area (Å²) in [7, 11) is 1.91. The van der Waals surface area contributed by atoms with Gasteiger partial charge in [0.15, 0.2) is 0 Å². The van der Waals surface area contributed by atoms with Gasteiger partial charge >= 0.3 is 0 Å². The van der Waals surface area contributed by atoms with Gasteiger partial charge in [0, 0.05) is 13.1 Å². The molecule has 0 saturated carbocycles. The Morgan fingerprint density at radius 3 is 3.06 bits per heavy atom. The van der Waals surface area contributed by atoms with Crippen LogP contribution in [0.3, 0.4) is 0 Å². The third-order valence-corrected chi connectivity index (χ3v) is 3.27. The van der Waals surface area contributed by atoms with E-state index in [4.69, 9.17) is 0 Å². The summed E-state index contributed by atoms with van der Waals surface area (Å²) >= 11 is 1.75. The van der Waals surface area contributed by atoms with E-state index in [0.717, 1.165) is 18.8 Å². The minimum atomic E-state index is 0.450. The van der Waals surface area contributed by atoms with Gasteiger partial charge in [-0.1, -0.05) is 0 Å². The molecule has 0 amide bonds. The third-order valence-electron chi connectivity index (χ3n) is 2.54. The van der Waals surface area contributed by atoms with Crippen LogP contribution < -0.4 is 5.32 Å². The van der Waals surface area contributed by atoms with Gasteiger partial charge < -0.3 is 5.32 Å². The van der Waals surface area contributed by atoms with Crippen LogP contribution in [0, 0.1) is 0 Å². The molecule has 0 spiro atoms. The molecule has 0 aliphatic carbocycles. The molecular weight excluding hydrogens is 220 g/mol. The van der Waals surface area contributed by atoms with Gasteiger partial charge in [-0.05, 0) is 35.7 Å². The molecule has 2 aromatic rings. The van der Waals surface area contributed by atoms with Crippen molar-refractivity contribution in [1.29, 1.82) is 0 Å². The van der Waals surface area contributed by atoms with Crippen LogP contribution in [0.1, 0.15) is 18.3 Å². The zero-order valence-electron chi connectivity index (χ0n) is 9.55. The summed E-state index contributed by atoms with van der Waals surface area (Å²) in [5, 5.41) is 11.8. The highest BCUT2D eigenvalue weighted by Gasteiger charge is 2.05. The van der Waals surface area contributed by atoms with Gasteiger partial charge in [0.2, 0.25) is 0 Å². The number of thiophene rings is 1. The quantitative estimate of drug-likeness (QED) is 0.857. The highest BCUT2D eigenvalue weighted by Crippen LogP contribution is 2.08. The molecule has 0 radical (unpaired) electrons. The monoisotopic (exact) mass is 236 g/mol. The van der Waals surface area contributed by atoms with Crippen LogP contribution >= 0.6 is 11.3 Å². The summed E-state index contributed by atoms with van der Waals surface area (Å²) in [5.74, 6) is 0.970. The second-order valence-corrected chi connectivity index (χ2v) is 4.70. The van der Waals surface area contributed by atoms with Crippen LogP contribution in [0.5, 0.6) is 0 Å². The fourth-order valence-corrected chi connectivity index (χ4v) is 2.26. The SMILES string of the molecule is CC(Cc1ccsc1)NCc1ncnn1C. The maximum atomic E-state index is 4.18. The smallest absolute Gasteiger partial charge is 0.140 e. The summed E-state index contributed by atoms with van der Waals surface area (Å²) < 4.78 is 1.80. The van der Waals surface area contributed by atoms with Gasteiger partial charge in [0.25, 0.3) is 0 Å². The molecule has 2 heterocycles. The molecule has 0 aliphatic heterocycles. The first-order valence-electron chi connectivity index (χ1n) is 5.33. The van der Waals surface area contributed by atoms with E-state index in [1.54, 1.807) is 22.3 Å². The van der Waals surface area contributed by atoms with E-state index in [1.165, 1.54) is 5.56 Å². The summed E-state index contributed by atoms with van der Waals surface area (Å²) in [6, 6.07) is 2.62. The molecule has 86 valence electrons. The Kier molecular flexibility index (Phi) is 3.69. The topological polar surface area (TPSA) is 42.7 Å². The molecule has 0 aromatic carbocycles. The van der Waals surface area contributed by atoms with Gasteiger partial charge in [-0.15, -0.1) is 0 Å². The van der Waals surface area contributed by atoms with E-state index in [2.05, 4.69) is 39.1 Å². The Balaban J connectivity index is 1.80. The number of nitrogens with one attached hydrogen (secondary N) is 1. The number of aryl methyl sites for hydroxylation is 1. The predicted octanol–water partition coefficient (Wildman–Crippen LogP) is 1.60. The number of nitrogens with zero attached hydrogens (tertiary/aromatic N) is 3. The minimum absolute atomic E-state index is 0.450. The van der Waals surface area contributed by atoms with Crippen LogP contribution in [0.15, 0.2) is 23.2 Å². The highest BCUT2D eigenvalue weighted by molar-refractivity contribution is 7.07. The molecule has 1 unspecified atom stereocenters. The Morgan fingerprint density at radius 1 is 1.56 bits per heavy atom. The molecule has 0 fully saturated rings.